The maximum Gasteiger partial charge on any atom is 0.350 e. The Hall–Kier alpha value is -3.02. The van der Waals surface area contributed by atoms with E-state index in [2.05, 4.69) is 4.98 Å². The molecule has 5 nitrogen and oxygen atoms in total. The largest absolute Gasteiger partial charge is 0.420 e. The van der Waals surface area contributed by atoms with Crippen LogP contribution in [0.5, 0.6) is 5.75 Å². The summed E-state index contributed by atoms with van der Waals surface area (Å²) in [6, 6.07) is 9.14. The predicted octanol–water partition coefficient (Wildman–Crippen LogP) is 2.36. The molecule has 22 heavy (non-hydrogen) atoms. The molecule has 0 saturated heterocycles. The van der Waals surface area contributed by atoms with E-state index in [1.54, 1.807) is 31.2 Å². The molecule has 0 fully saturated rings. The van der Waals surface area contributed by atoms with E-state index < -0.39 is 17.3 Å². The van der Waals surface area contributed by atoms with Crippen LogP contribution in [0.25, 0.3) is 5.65 Å². The van der Waals surface area contributed by atoms with Crippen LogP contribution in [0.4, 0.5) is 4.39 Å². The van der Waals surface area contributed by atoms with Gasteiger partial charge >= 0.3 is 5.97 Å². The zero-order valence-corrected chi connectivity index (χ0v) is 11.6. The van der Waals surface area contributed by atoms with E-state index in [0.717, 1.165) is 11.8 Å². The van der Waals surface area contributed by atoms with Crippen LogP contribution in [0.2, 0.25) is 0 Å². The molecule has 0 aliphatic carbocycles. The molecule has 0 N–H and O–H groups in total. The summed E-state index contributed by atoms with van der Waals surface area (Å²) in [6.45, 7) is 1.74. The first-order valence-corrected chi connectivity index (χ1v) is 6.51. The van der Waals surface area contributed by atoms with Crippen molar-refractivity contribution in [3.8, 4) is 5.75 Å². The van der Waals surface area contributed by atoms with Crippen LogP contribution in [0.1, 0.15) is 15.9 Å². The van der Waals surface area contributed by atoms with Gasteiger partial charge in [-0.1, -0.05) is 12.1 Å². The van der Waals surface area contributed by atoms with Crippen LogP contribution < -0.4 is 10.3 Å². The minimum atomic E-state index is -0.944. The second-order valence-electron chi connectivity index (χ2n) is 4.73. The minimum Gasteiger partial charge on any atom is -0.420 e. The van der Waals surface area contributed by atoms with Gasteiger partial charge in [0.05, 0.1) is 0 Å². The normalized spacial score (nSPS) is 10.6. The average Bonchev–Trinajstić information content (AvgIpc) is 2.51. The lowest BCUT2D eigenvalue weighted by molar-refractivity contribution is 0.0725. The van der Waals surface area contributed by atoms with Crippen molar-refractivity contribution in [3.63, 3.8) is 0 Å². The molecular formula is C16H11FN2O3. The number of fused-ring (bicyclic) bond motifs is 1. The Labute approximate surface area is 124 Å². The van der Waals surface area contributed by atoms with Crippen molar-refractivity contribution < 1.29 is 13.9 Å². The van der Waals surface area contributed by atoms with Crippen molar-refractivity contribution in [3.05, 3.63) is 76.1 Å². The van der Waals surface area contributed by atoms with Gasteiger partial charge in [-0.15, -0.1) is 0 Å². The van der Waals surface area contributed by atoms with Crippen molar-refractivity contribution >= 4 is 11.6 Å². The van der Waals surface area contributed by atoms with Crippen molar-refractivity contribution in [2.75, 3.05) is 0 Å². The molecule has 0 spiro atoms. The molecular weight excluding hydrogens is 287 g/mol. The molecule has 1 aromatic carbocycles. The van der Waals surface area contributed by atoms with Gasteiger partial charge in [-0.05, 0) is 36.8 Å². The van der Waals surface area contributed by atoms with Crippen LogP contribution in [0.15, 0.2) is 53.6 Å². The minimum absolute atomic E-state index is 0.220. The number of halogens is 1. The van der Waals surface area contributed by atoms with E-state index >= 15 is 0 Å². The topological polar surface area (TPSA) is 60.7 Å². The molecule has 0 radical (unpaired) electrons. The molecule has 3 aromatic rings. The quantitative estimate of drug-likeness (QED) is 0.538. The third kappa shape index (κ3) is 2.46. The lowest BCUT2D eigenvalue weighted by Gasteiger charge is -2.06. The van der Waals surface area contributed by atoms with Crippen LogP contribution in [-0.2, 0) is 0 Å². The number of ether oxygens (including phenoxy) is 1. The maximum atomic E-state index is 13.6. The molecule has 0 aliphatic rings. The highest BCUT2D eigenvalue weighted by Crippen LogP contribution is 2.19. The lowest BCUT2D eigenvalue weighted by Crippen LogP contribution is -2.25. The first-order chi connectivity index (χ1) is 10.6. The highest BCUT2D eigenvalue weighted by atomic mass is 19.1. The number of aromatic nitrogens is 2. The van der Waals surface area contributed by atoms with Crippen molar-refractivity contribution in [1.82, 2.24) is 9.38 Å². The summed E-state index contributed by atoms with van der Waals surface area (Å²) >= 11 is 0. The smallest absolute Gasteiger partial charge is 0.350 e. The standard InChI is InChI=1S/C16H11FN2O3/c1-10-5-6-12(17)13(8-10)22-16(21)11-9-18-14-4-2-3-7-19(14)15(11)20/h2-9H,1H3. The van der Waals surface area contributed by atoms with Gasteiger partial charge in [-0.2, -0.15) is 0 Å². The molecule has 0 amide bonds. The Morgan fingerprint density at radius 1 is 1.27 bits per heavy atom. The fourth-order valence-corrected chi connectivity index (χ4v) is 2.01. The maximum absolute atomic E-state index is 13.6. The number of carbonyl (C=O) groups is 1. The predicted molar refractivity (Wildman–Crippen MR) is 77.6 cm³/mol. The van der Waals surface area contributed by atoms with Crippen LogP contribution >= 0.6 is 0 Å². The monoisotopic (exact) mass is 298 g/mol. The third-order valence-electron chi connectivity index (χ3n) is 3.12. The summed E-state index contributed by atoms with van der Waals surface area (Å²) < 4.78 is 19.8. The number of hydrogen-bond donors (Lipinski definition) is 0. The van der Waals surface area contributed by atoms with Crippen LogP contribution in [0, 0.1) is 12.7 Å². The number of rotatable bonds is 2. The van der Waals surface area contributed by atoms with Gasteiger partial charge in [0.25, 0.3) is 5.56 Å². The Kier molecular flexibility index (Phi) is 3.42. The number of hydrogen-bond acceptors (Lipinski definition) is 4. The highest BCUT2D eigenvalue weighted by molar-refractivity contribution is 5.90. The van der Waals surface area contributed by atoms with Gasteiger partial charge in [0.15, 0.2) is 11.6 Å². The Balaban J connectivity index is 2.01. The molecule has 0 unspecified atom stereocenters. The second-order valence-corrected chi connectivity index (χ2v) is 4.73. The van der Waals surface area contributed by atoms with Gasteiger partial charge in [0.2, 0.25) is 0 Å². The van der Waals surface area contributed by atoms with Crippen molar-refractivity contribution in [1.29, 1.82) is 0 Å². The van der Waals surface area contributed by atoms with Gasteiger partial charge in [-0.3, -0.25) is 9.20 Å². The van der Waals surface area contributed by atoms with Crippen molar-refractivity contribution in [2.45, 2.75) is 6.92 Å². The van der Waals surface area contributed by atoms with Crippen LogP contribution in [-0.4, -0.2) is 15.4 Å². The summed E-state index contributed by atoms with van der Waals surface area (Å²) in [5.41, 5.74) is 0.316. The molecule has 0 bridgehead atoms. The molecule has 110 valence electrons. The second kappa shape index (κ2) is 5.40. The number of benzene rings is 1. The molecule has 2 heterocycles. The van der Waals surface area contributed by atoms with Gasteiger partial charge in [0.1, 0.15) is 11.2 Å². The summed E-state index contributed by atoms with van der Waals surface area (Å²) in [7, 11) is 0. The molecule has 6 heteroatoms. The SMILES string of the molecule is Cc1ccc(F)c(OC(=O)c2cnc3ccccn3c2=O)c1. The van der Waals surface area contributed by atoms with E-state index in [9.17, 15) is 14.0 Å². The van der Waals surface area contributed by atoms with E-state index in [1.807, 2.05) is 0 Å². The number of nitrogens with zero attached hydrogens (tertiary/aromatic N) is 2. The van der Waals surface area contributed by atoms with Gasteiger partial charge in [-0.25, -0.2) is 14.2 Å². The summed E-state index contributed by atoms with van der Waals surface area (Å²) in [5, 5.41) is 0. The zero-order chi connectivity index (χ0) is 15.7. The van der Waals surface area contributed by atoms with Gasteiger partial charge < -0.3 is 4.74 Å². The number of carbonyl (C=O) groups excluding carboxylic acids is 1. The third-order valence-corrected chi connectivity index (χ3v) is 3.12. The fourth-order valence-electron chi connectivity index (χ4n) is 2.01. The van der Waals surface area contributed by atoms with E-state index in [4.69, 9.17) is 4.74 Å². The van der Waals surface area contributed by atoms with E-state index in [1.165, 1.54) is 22.7 Å². The van der Waals surface area contributed by atoms with E-state index in [-0.39, 0.29) is 11.3 Å². The summed E-state index contributed by atoms with van der Waals surface area (Å²) in [6.07, 6.45) is 2.63. The molecule has 0 atom stereocenters. The van der Waals surface area contributed by atoms with E-state index in [0.29, 0.717) is 5.65 Å². The number of pyridine rings is 1. The number of aryl methyl sites for hydroxylation is 1. The van der Waals surface area contributed by atoms with Crippen LogP contribution in [0.3, 0.4) is 0 Å². The summed E-state index contributed by atoms with van der Waals surface area (Å²) in [4.78, 5) is 28.4. The number of esters is 1. The van der Waals surface area contributed by atoms with Crippen molar-refractivity contribution in [2.24, 2.45) is 0 Å². The Morgan fingerprint density at radius 3 is 2.91 bits per heavy atom. The first kappa shape index (κ1) is 13.9. The lowest BCUT2D eigenvalue weighted by atomic mass is 10.2. The first-order valence-electron chi connectivity index (χ1n) is 6.51. The Morgan fingerprint density at radius 2 is 2.09 bits per heavy atom. The molecule has 2 aromatic heterocycles. The molecule has 0 aliphatic heterocycles. The molecule has 0 saturated carbocycles. The zero-order valence-electron chi connectivity index (χ0n) is 11.6. The summed E-state index contributed by atoms with van der Waals surface area (Å²) in [5.74, 6) is -1.84. The highest BCUT2D eigenvalue weighted by Gasteiger charge is 2.17. The Bertz CT molecular complexity index is 934. The average molecular weight is 298 g/mol. The fraction of sp³-hybridized carbons (Fsp3) is 0.0625. The van der Waals surface area contributed by atoms with Gasteiger partial charge in [0, 0.05) is 12.4 Å². The molecule has 3 rings (SSSR count).